The summed E-state index contributed by atoms with van der Waals surface area (Å²) in [5, 5.41) is 2.69. The molecule has 2 amide bonds. The first-order chi connectivity index (χ1) is 9.40. The topological polar surface area (TPSA) is 99.8 Å². The zero-order valence-electron chi connectivity index (χ0n) is 12.1. The zero-order chi connectivity index (χ0) is 15.1. The maximum Gasteiger partial charge on any atom is 0.278 e. The Labute approximate surface area is 119 Å². The summed E-state index contributed by atoms with van der Waals surface area (Å²) in [4.78, 5) is 23.5. The highest BCUT2D eigenvalue weighted by Gasteiger charge is 2.24. The highest BCUT2D eigenvalue weighted by atomic mass is 16.2. The van der Waals surface area contributed by atoms with E-state index in [1.54, 1.807) is 0 Å². The molecule has 0 aliphatic rings. The number of carbonyl (C=O) groups excluding carboxylic acids is 2. The average molecular weight is 278 g/mol. The maximum atomic E-state index is 12.0. The Hall–Kier alpha value is -1.88. The predicted molar refractivity (Wildman–Crippen MR) is 77.4 cm³/mol. The molecule has 0 spiro atoms. The quantitative estimate of drug-likeness (QED) is 0.646. The highest BCUT2D eigenvalue weighted by molar-refractivity contribution is 5.88. The van der Waals surface area contributed by atoms with Gasteiger partial charge in [-0.25, -0.2) is 0 Å². The van der Waals surface area contributed by atoms with Gasteiger partial charge in [0.25, 0.3) is 5.91 Å². The lowest BCUT2D eigenvalue weighted by molar-refractivity contribution is -0.406. The second-order valence-electron chi connectivity index (χ2n) is 5.48. The number of nitrogens with two attached hydrogens (primary N) is 1. The molecule has 0 bridgehead atoms. The molecule has 1 aromatic rings. The fourth-order valence-corrected chi connectivity index (χ4v) is 2.04. The van der Waals surface area contributed by atoms with E-state index in [-0.39, 0.29) is 11.9 Å². The highest BCUT2D eigenvalue weighted by Crippen LogP contribution is 2.05. The Morgan fingerprint density at radius 1 is 1.25 bits per heavy atom. The van der Waals surface area contributed by atoms with Crippen molar-refractivity contribution >= 4 is 11.8 Å². The second-order valence-corrected chi connectivity index (χ2v) is 5.48. The third-order valence-electron chi connectivity index (χ3n) is 3.07. The molecule has 0 aromatic heterocycles. The van der Waals surface area contributed by atoms with Crippen molar-refractivity contribution in [1.29, 1.82) is 0 Å². The zero-order valence-corrected chi connectivity index (χ0v) is 12.1. The average Bonchev–Trinajstić information content (AvgIpc) is 2.38. The SMILES string of the molecule is CC(C)C[C@H]([NH3+])C(=O)N[C@@H](Cc1ccccc1)C(N)=O. The summed E-state index contributed by atoms with van der Waals surface area (Å²) < 4.78 is 0. The van der Waals surface area contributed by atoms with Crippen molar-refractivity contribution in [3.8, 4) is 0 Å². The minimum atomic E-state index is -0.693. The van der Waals surface area contributed by atoms with Crippen molar-refractivity contribution in [2.45, 2.75) is 38.8 Å². The van der Waals surface area contributed by atoms with E-state index in [1.165, 1.54) is 0 Å². The van der Waals surface area contributed by atoms with E-state index in [2.05, 4.69) is 11.1 Å². The molecular weight excluding hydrogens is 254 g/mol. The van der Waals surface area contributed by atoms with Crippen molar-refractivity contribution in [3.63, 3.8) is 0 Å². The molecule has 0 aliphatic carbocycles. The Morgan fingerprint density at radius 2 is 1.85 bits per heavy atom. The van der Waals surface area contributed by atoms with E-state index < -0.39 is 11.9 Å². The first-order valence-electron chi connectivity index (χ1n) is 6.86. The van der Waals surface area contributed by atoms with Crippen molar-refractivity contribution in [1.82, 2.24) is 5.32 Å². The predicted octanol–water partition coefficient (Wildman–Crippen LogP) is -0.144. The Morgan fingerprint density at radius 3 is 2.35 bits per heavy atom. The summed E-state index contributed by atoms with van der Waals surface area (Å²) in [6.07, 6.45) is 1.08. The Bertz CT molecular complexity index is 446. The van der Waals surface area contributed by atoms with Gasteiger partial charge in [-0.05, 0) is 11.5 Å². The fourth-order valence-electron chi connectivity index (χ4n) is 2.04. The molecule has 0 fully saturated rings. The molecule has 0 saturated carbocycles. The largest absolute Gasteiger partial charge is 0.368 e. The maximum absolute atomic E-state index is 12.0. The van der Waals surface area contributed by atoms with Crippen molar-refractivity contribution < 1.29 is 15.3 Å². The number of benzene rings is 1. The van der Waals surface area contributed by atoms with Crippen LogP contribution in [0.4, 0.5) is 0 Å². The molecule has 110 valence electrons. The van der Waals surface area contributed by atoms with Crippen LogP contribution in [-0.2, 0) is 16.0 Å². The van der Waals surface area contributed by atoms with Crippen molar-refractivity contribution in [3.05, 3.63) is 35.9 Å². The summed E-state index contributed by atoms with van der Waals surface area (Å²) >= 11 is 0. The molecule has 1 aromatic carbocycles. The molecule has 6 N–H and O–H groups in total. The van der Waals surface area contributed by atoms with E-state index in [9.17, 15) is 9.59 Å². The number of amides is 2. The second kappa shape index (κ2) is 7.65. The monoisotopic (exact) mass is 278 g/mol. The molecule has 0 aliphatic heterocycles. The van der Waals surface area contributed by atoms with Gasteiger partial charge in [0, 0.05) is 12.8 Å². The molecule has 5 nitrogen and oxygen atoms in total. The number of quaternary nitrogens is 1. The van der Waals surface area contributed by atoms with Crippen LogP contribution in [-0.4, -0.2) is 23.9 Å². The van der Waals surface area contributed by atoms with Gasteiger partial charge in [-0.15, -0.1) is 0 Å². The van der Waals surface area contributed by atoms with Gasteiger partial charge < -0.3 is 16.8 Å². The normalized spacial score (nSPS) is 13.8. The Kier molecular flexibility index (Phi) is 6.18. The van der Waals surface area contributed by atoms with E-state index in [0.717, 1.165) is 5.56 Å². The fraction of sp³-hybridized carbons (Fsp3) is 0.467. The van der Waals surface area contributed by atoms with Crippen LogP contribution in [0.3, 0.4) is 0 Å². The summed E-state index contributed by atoms with van der Waals surface area (Å²) in [5.74, 6) is -0.373. The van der Waals surface area contributed by atoms with Crippen LogP contribution >= 0.6 is 0 Å². The smallest absolute Gasteiger partial charge is 0.278 e. The number of nitrogens with one attached hydrogen (secondary N) is 1. The van der Waals surface area contributed by atoms with Crippen LogP contribution in [0.2, 0.25) is 0 Å². The number of primary amides is 1. The van der Waals surface area contributed by atoms with Gasteiger partial charge in [-0.3, -0.25) is 9.59 Å². The number of carbonyl (C=O) groups is 2. The lowest BCUT2D eigenvalue weighted by atomic mass is 10.0. The number of hydrogen-bond donors (Lipinski definition) is 3. The Balaban J connectivity index is 2.64. The molecule has 2 atom stereocenters. The van der Waals surface area contributed by atoms with E-state index in [4.69, 9.17) is 5.73 Å². The third kappa shape index (κ3) is 5.40. The number of rotatable bonds is 7. The first kappa shape index (κ1) is 16.2. The molecule has 0 unspecified atom stereocenters. The van der Waals surface area contributed by atoms with E-state index in [0.29, 0.717) is 18.8 Å². The van der Waals surface area contributed by atoms with Crippen LogP contribution in [0.5, 0.6) is 0 Å². The number of hydrogen-bond acceptors (Lipinski definition) is 2. The molecule has 1 rings (SSSR count). The van der Waals surface area contributed by atoms with Crippen molar-refractivity contribution in [2.24, 2.45) is 11.7 Å². The van der Waals surface area contributed by atoms with Crippen LogP contribution in [0.25, 0.3) is 0 Å². The van der Waals surface area contributed by atoms with E-state index >= 15 is 0 Å². The summed E-state index contributed by atoms with van der Waals surface area (Å²) in [6, 6.07) is 8.41. The van der Waals surface area contributed by atoms with E-state index in [1.807, 2.05) is 44.2 Å². The van der Waals surface area contributed by atoms with Gasteiger partial charge in [0.2, 0.25) is 5.91 Å². The lowest BCUT2D eigenvalue weighted by Gasteiger charge is -2.18. The van der Waals surface area contributed by atoms with Crippen LogP contribution in [0, 0.1) is 5.92 Å². The molecule has 20 heavy (non-hydrogen) atoms. The van der Waals surface area contributed by atoms with Gasteiger partial charge >= 0.3 is 0 Å². The van der Waals surface area contributed by atoms with Gasteiger partial charge in [0.15, 0.2) is 6.04 Å². The molecule has 0 heterocycles. The molecule has 0 saturated heterocycles. The van der Waals surface area contributed by atoms with Crippen LogP contribution in [0.15, 0.2) is 30.3 Å². The van der Waals surface area contributed by atoms with Gasteiger partial charge in [0.05, 0.1) is 0 Å². The summed E-state index contributed by atoms with van der Waals surface area (Å²) in [7, 11) is 0. The third-order valence-corrected chi connectivity index (χ3v) is 3.07. The van der Waals surface area contributed by atoms with Gasteiger partial charge in [-0.1, -0.05) is 44.2 Å². The van der Waals surface area contributed by atoms with Crippen LogP contribution < -0.4 is 16.8 Å². The van der Waals surface area contributed by atoms with Crippen LogP contribution in [0.1, 0.15) is 25.8 Å². The van der Waals surface area contributed by atoms with Crippen molar-refractivity contribution in [2.75, 3.05) is 0 Å². The molecule has 5 heteroatoms. The van der Waals surface area contributed by atoms with Gasteiger partial charge in [-0.2, -0.15) is 0 Å². The summed E-state index contributed by atoms with van der Waals surface area (Å²) in [6.45, 7) is 4.06. The summed E-state index contributed by atoms with van der Waals surface area (Å²) in [5.41, 5.74) is 10.2. The minimum absolute atomic E-state index is 0.224. The minimum Gasteiger partial charge on any atom is -0.368 e. The lowest BCUT2D eigenvalue weighted by Crippen LogP contribution is -2.69. The standard InChI is InChI=1S/C15H23N3O2/c1-10(2)8-12(16)15(20)18-13(14(17)19)9-11-6-4-3-5-7-11/h3-7,10,12-13H,8-9,16H2,1-2H3,(H2,17,19)(H,18,20)/p+1/t12-,13-/m0/s1. The molecular formula is C15H24N3O2+. The first-order valence-corrected chi connectivity index (χ1v) is 6.86. The van der Waals surface area contributed by atoms with Gasteiger partial charge in [0.1, 0.15) is 6.04 Å². The molecule has 0 radical (unpaired) electrons.